The second kappa shape index (κ2) is 8.32. The van der Waals surface area contributed by atoms with Gasteiger partial charge in [-0.3, -0.25) is 4.79 Å². The number of thioether (sulfide) groups is 2. The lowest BCUT2D eigenvalue weighted by molar-refractivity contribution is -0.122. The number of nitrogens with zero attached hydrogens (tertiary/aromatic N) is 1. The number of carbonyl (C=O) groups is 1. The normalized spacial score (nSPS) is 15.4. The number of rotatable bonds is 5. The molecule has 1 N–H and O–H groups in total. The molecule has 4 nitrogen and oxygen atoms in total. The van der Waals surface area contributed by atoms with Crippen LogP contribution in [-0.2, 0) is 4.79 Å². The molecule has 6 heteroatoms. The molecule has 0 aromatic heterocycles. The van der Waals surface area contributed by atoms with E-state index in [1.807, 2.05) is 35.7 Å². The van der Waals surface area contributed by atoms with Crippen LogP contribution in [0.3, 0.4) is 0 Å². The van der Waals surface area contributed by atoms with Crippen molar-refractivity contribution < 1.29 is 9.53 Å². The minimum atomic E-state index is -0.633. The van der Waals surface area contributed by atoms with Crippen LogP contribution in [0.25, 0.3) is 0 Å². The highest BCUT2D eigenvalue weighted by atomic mass is 32.2. The summed E-state index contributed by atoms with van der Waals surface area (Å²) in [6, 6.07) is 16.8. The minimum Gasteiger partial charge on any atom is -0.481 e. The summed E-state index contributed by atoms with van der Waals surface area (Å²) in [5.74, 6) is 2.81. The van der Waals surface area contributed by atoms with Crippen LogP contribution in [0.1, 0.15) is 22.6 Å². The summed E-state index contributed by atoms with van der Waals surface area (Å²) < 4.78 is 6.23. The maximum Gasteiger partial charge on any atom is 0.265 e. The molecule has 3 rings (SSSR count). The predicted octanol–water partition coefficient (Wildman–Crippen LogP) is 4.44. The van der Waals surface area contributed by atoms with Crippen molar-refractivity contribution in [2.75, 3.05) is 16.8 Å². The number of carbonyl (C=O) groups excluding carboxylic acids is 1. The monoisotopic (exact) mass is 370 g/mol. The molecular formula is C19H18N2O2S2. The average molecular weight is 370 g/mol. The van der Waals surface area contributed by atoms with E-state index in [1.165, 1.54) is 17.1 Å². The Balaban J connectivity index is 1.58. The lowest BCUT2D eigenvalue weighted by Crippen LogP contribution is -2.30. The Bertz CT molecular complexity index is 781. The number of nitriles is 1. The number of benzene rings is 2. The predicted molar refractivity (Wildman–Crippen MR) is 104 cm³/mol. The van der Waals surface area contributed by atoms with Crippen LogP contribution >= 0.6 is 23.5 Å². The van der Waals surface area contributed by atoms with Gasteiger partial charge in [-0.2, -0.15) is 5.26 Å². The van der Waals surface area contributed by atoms with E-state index in [4.69, 9.17) is 10.00 Å². The summed E-state index contributed by atoms with van der Waals surface area (Å²) in [4.78, 5) is 12.3. The van der Waals surface area contributed by atoms with Crippen molar-refractivity contribution in [1.82, 2.24) is 0 Å². The zero-order chi connectivity index (χ0) is 17.6. The Morgan fingerprint density at radius 1 is 1.24 bits per heavy atom. The van der Waals surface area contributed by atoms with Crippen molar-refractivity contribution in [1.29, 1.82) is 5.26 Å². The van der Waals surface area contributed by atoms with Crippen LogP contribution in [0.4, 0.5) is 5.69 Å². The smallest absolute Gasteiger partial charge is 0.265 e. The van der Waals surface area contributed by atoms with Crippen LogP contribution in [0, 0.1) is 11.3 Å². The van der Waals surface area contributed by atoms with Crippen molar-refractivity contribution in [3.05, 3.63) is 59.7 Å². The highest BCUT2D eigenvalue weighted by molar-refractivity contribution is 8.19. The molecule has 2 aromatic rings. The average Bonchev–Trinajstić information content (AvgIpc) is 3.17. The van der Waals surface area contributed by atoms with Crippen molar-refractivity contribution >= 4 is 35.1 Å². The van der Waals surface area contributed by atoms with Crippen LogP contribution in [0.5, 0.6) is 5.75 Å². The molecule has 1 amide bonds. The van der Waals surface area contributed by atoms with E-state index in [1.54, 1.807) is 31.2 Å². The Kier molecular flexibility index (Phi) is 5.90. The topological polar surface area (TPSA) is 62.1 Å². The molecule has 1 heterocycles. The van der Waals surface area contributed by atoms with Crippen LogP contribution < -0.4 is 10.1 Å². The molecule has 0 spiro atoms. The summed E-state index contributed by atoms with van der Waals surface area (Å²) in [5, 5.41) is 11.7. The molecule has 1 saturated heterocycles. The highest BCUT2D eigenvalue weighted by Crippen LogP contribution is 2.45. The SMILES string of the molecule is C[C@@H](Oc1ccc(C2SCCS2)cc1)C(=O)Nc1cccc(C#N)c1. The summed E-state index contributed by atoms with van der Waals surface area (Å²) in [6.07, 6.45) is -0.633. The van der Waals surface area contributed by atoms with E-state index in [-0.39, 0.29) is 5.91 Å². The van der Waals surface area contributed by atoms with Gasteiger partial charge in [0.15, 0.2) is 6.10 Å². The van der Waals surface area contributed by atoms with Gasteiger partial charge in [-0.1, -0.05) is 18.2 Å². The van der Waals surface area contributed by atoms with Gasteiger partial charge in [0.1, 0.15) is 5.75 Å². The fourth-order valence-corrected chi connectivity index (χ4v) is 5.28. The zero-order valence-electron chi connectivity index (χ0n) is 13.8. The van der Waals surface area contributed by atoms with E-state index < -0.39 is 6.10 Å². The first kappa shape index (κ1) is 17.7. The second-order valence-electron chi connectivity index (χ2n) is 5.58. The summed E-state index contributed by atoms with van der Waals surface area (Å²) in [7, 11) is 0. The summed E-state index contributed by atoms with van der Waals surface area (Å²) in [5.41, 5.74) is 2.38. The van der Waals surface area contributed by atoms with Crippen LogP contribution in [0.2, 0.25) is 0 Å². The highest BCUT2D eigenvalue weighted by Gasteiger charge is 2.19. The third-order valence-corrected chi connectivity index (χ3v) is 6.82. The first-order valence-corrected chi connectivity index (χ1v) is 10.1. The van der Waals surface area contributed by atoms with Gasteiger partial charge in [0.05, 0.1) is 16.2 Å². The minimum absolute atomic E-state index is 0.249. The van der Waals surface area contributed by atoms with Gasteiger partial charge in [0.2, 0.25) is 0 Å². The quantitative estimate of drug-likeness (QED) is 0.843. The van der Waals surface area contributed by atoms with Gasteiger partial charge >= 0.3 is 0 Å². The Morgan fingerprint density at radius 2 is 1.96 bits per heavy atom. The molecule has 0 unspecified atom stereocenters. The van der Waals surface area contributed by atoms with E-state index in [0.29, 0.717) is 21.6 Å². The molecule has 128 valence electrons. The molecular weight excluding hydrogens is 352 g/mol. The third-order valence-electron chi connectivity index (χ3n) is 3.72. The van der Waals surface area contributed by atoms with Crippen molar-refractivity contribution in [2.45, 2.75) is 17.6 Å². The molecule has 1 aliphatic heterocycles. The van der Waals surface area contributed by atoms with Crippen LogP contribution in [0.15, 0.2) is 48.5 Å². The molecule has 0 saturated carbocycles. The fourth-order valence-electron chi connectivity index (χ4n) is 2.42. The summed E-state index contributed by atoms with van der Waals surface area (Å²) >= 11 is 3.92. The molecule has 0 aliphatic carbocycles. The molecule has 1 atom stereocenters. The fraction of sp³-hybridized carbons (Fsp3) is 0.263. The number of amides is 1. The van der Waals surface area contributed by atoms with E-state index in [0.717, 1.165) is 0 Å². The van der Waals surface area contributed by atoms with Crippen LogP contribution in [-0.4, -0.2) is 23.5 Å². The third kappa shape index (κ3) is 4.71. The summed E-state index contributed by atoms with van der Waals surface area (Å²) in [6.45, 7) is 1.71. The van der Waals surface area contributed by atoms with Crippen molar-refractivity contribution in [3.63, 3.8) is 0 Å². The Labute approximate surface area is 156 Å². The first-order valence-electron chi connectivity index (χ1n) is 7.96. The Hall–Kier alpha value is -2.10. The molecule has 0 radical (unpaired) electrons. The number of hydrogen-bond donors (Lipinski definition) is 1. The van der Waals surface area contributed by atoms with Gasteiger partial charge in [-0.25, -0.2) is 0 Å². The van der Waals surface area contributed by atoms with E-state index in [2.05, 4.69) is 23.5 Å². The van der Waals surface area contributed by atoms with Gasteiger partial charge in [0.25, 0.3) is 5.91 Å². The van der Waals surface area contributed by atoms with E-state index >= 15 is 0 Å². The van der Waals surface area contributed by atoms with Crippen molar-refractivity contribution in [2.24, 2.45) is 0 Å². The Morgan fingerprint density at radius 3 is 2.64 bits per heavy atom. The maximum atomic E-state index is 12.3. The molecule has 0 bridgehead atoms. The molecule has 1 fully saturated rings. The molecule has 25 heavy (non-hydrogen) atoms. The molecule has 1 aliphatic rings. The standard InChI is InChI=1S/C19H18N2O2S2/c1-13(18(22)21-16-4-2-3-14(11-16)12-20)23-17-7-5-15(6-8-17)19-24-9-10-25-19/h2-8,11,13,19H,9-10H2,1H3,(H,21,22)/t13-/m1/s1. The van der Waals surface area contributed by atoms with Gasteiger partial charge in [0, 0.05) is 17.2 Å². The lowest BCUT2D eigenvalue weighted by atomic mass is 10.2. The lowest BCUT2D eigenvalue weighted by Gasteiger charge is -2.16. The van der Waals surface area contributed by atoms with Crippen molar-refractivity contribution in [3.8, 4) is 11.8 Å². The van der Waals surface area contributed by atoms with Gasteiger partial charge in [-0.05, 0) is 42.8 Å². The zero-order valence-corrected chi connectivity index (χ0v) is 15.4. The van der Waals surface area contributed by atoms with Gasteiger partial charge < -0.3 is 10.1 Å². The number of nitrogens with one attached hydrogen (secondary N) is 1. The number of ether oxygens (including phenoxy) is 1. The molecule has 2 aromatic carbocycles. The van der Waals surface area contributed by atoms with Gasteiger partial charge in [-0.15, -0.1) is 23.5 Å². The largest absolute Gasteiger partial charge is 0.481 e. The van der Waals surface area contributed by atoms with E-state index in [9.17, 15) is 4.79 Å². The number of anilines is 1. The number of hydrogen-bond acceptors (Lipinski definition) is 5. The first-order chi connectivity index (χ1) is 12.2. The maximum absolute atomic E-state index is 12.3. The second-order valence-corrected chi connectivity index (χ2v) is 8.31.